The molecule has 0 aliphatic rings. The van der Waals surface area contributed by atoms with Gasteiger partial charge in [0.15, 0.2) is 14.9 Å². The molecule has 0 spiro atoms. The average Bonchev–Trinajstić information content (AvgIpc) is 3.05. The van der Waals surface area contributed by atoms with Gasteiger partial charge in [0.1, 0.15) is 0 Å². The molecule has 8 nitrogen and oxygen atoms in total. The highest BCUT2D eigenvalue weighted by Gasteiger charge is 2.35. The number of halogens is 3. The van der Waals surface area contributed by atoms with E-state index in [9.17, 15) is 21.6 Å². The molecule has 1 aromatic carbocycles. The minimum atomic E-state index is -4.67. The van der Waals surface area contributed by atoms with Crippen molar-refractivity contribution in [2.24, 2.45) is 0 Å². The molecule has 30 heavy (non-hydrogen) atoms. The molecule has 0 atom stereocenters. The fourth-order valence-electron chi connectivity index (χ4n) is 2.86. The van der Waals surface area contributed by atoms with Crippen molar-refractivity contribution >= 4 is 27.4 Å². The maximum atomic E-state index is 13.8. The van der Waals surface area contributed by atoms with Gasteiger partial charge < -0.3 is 11.1 Å². The number of nitrogens with two attached hydrogens (primary N) is 1. The molecule has 3 rings (SSSR count). The van der Waals surface area contributed by atoms with Crippen molar-refractivity contribution in [1.82, 2.24) is 20.2 Å². The Balaban J connectivity index is 2.08. The third-order valence-electron chi connectivity index (χ3n) is 4.34. The number of hydrogen-bond acceptors (Lipinski definition) is 7. The molecule has 2 aromatic heterocycles. The molecule has 0 fully saturated rings. The van der Waals surface area contributed by atoms with Crippen LogP contribution in [0.3, 0.4) is 0 Å². The van der Waals surface area contributed by atoms with Gasteiger partial charge in [-0.1, -0.05) is 0 Å². The number of nitrogens with one attached hydrogen (secondary N) is 2. The van der Waals surface area contributed by atoms with E-state index in [-0.39, 0.29) is 33.7 Å². The van der Waals surface area contributed by atoms with Crippen LogP contribution in [-0.2, 0) is 16.0 Å². The number of nitrogens with zero attached hydrogens (tertiary/aromatic N) is 3. The van der Waals surface area contributed by atoms with Gasteiger partial charge in [-0.25, -0.2) is 18.5 Å². The molecular formula is C18H19F3N6O2S. The Morgan fingerprint density at radius 3 is 2.40 bits per heavy atom. The zero-order valence-corrected chi connectivity index (χ0v) is 17.1. The van der Waals surface area contributed by atoms with Crippen molar-refractivity contribution in [2.45, 2.75) is 37.2 Å². The summed E-state index contributed by atoms with van der Waals surface area (Å²) in [5.41, 5.74) is 4.99. The van der Waals surface area contributed by atoms with Crippen LogP contribution in [0, 0.1) is 6.92 Å². The molecule has 4 N–H and O–H groups in total. The number of benzene rings is 1. The predicted octanol–water partition coefficient (Wildman–Crippen LogP) is 3.70. The summed E-state index contributed by atoms with van der Waals surface area (Å²) in [7, 11) is -3.63. The molecule has 0 bridgehead atoms. The van der Waals surface area contributed by atoms with Crippen molar-refractivity contribution in [3.8, 4) is 11.1 Å². The number of aromatic amines is 1. The Labute approximate surface area is 170 Å². The van der Waals surface area contributed by atoms with Gasteiger partial charge >= 0.3 is 6.18 Å². The number of alkyl halides is 3. The third-order valence-corrected chi connectivity index (χ3v) is 6.40. The van der Waals surface area contributed by atoms with E-state index >= 15 is 0 Å². The second-order valence-electron chi connectivity index (χ2n) is 6.86. The number of aryl methyl sites for hydroxylation is 1. The van der Waals surface area contributed by atoms with Crippen LogP contribution in [0.5, 0.6) is 0 Å². The Morgan fingerprint density at radius 1 is 1.20 bits per heavy atom. The van der Waals surface area contributed by atoms with Crippen LogP contribution in [0.25, 0.3) is 11.1 Å². The lowest BCUT2D eigenvalue weighted by Crippen LogP contribution is -2.15. The molecule has 0 aliphatic carbocycles. The van der Waals surface area contributed by atoms with Crippen molar-refractivity contribution in [1.29, 1.82) is 0 Å². The summed E-state index contributed by atoms with van der Waals surface area (Å²) < 4.78 is 65.9. The summed E-state index contributed by atoms with van der Waals surface area (Å²) >= 11 is 0. The van der Waals surface area contributed by atoms with Gasteiger partial charge in [0, 0.05) is 17.4 Å². The summed E-state index contributed by atoms with van der Waals surface area (Å²) in [6.45, 7) is 4.52. The Bertz CT molecular complexity index is 1170. The van der Waals surface area contributed by atoms with Crippen LogP contribution < -0.4 is 11.1 Å². The normalized spacial score (nSPS) is 12.4. The van der Waals surface area contributed by atoms with E-state index in [0.29, 0.717) is 5.56 Å². The first-order valence-corrected chi connectivity index (χ1v) is 10.3. The van der Waals surface area contributed by atoms with E-state index in [0.717, 1.165) is 12.3 Å². The van der Waals surface area contributed by atoms with Gasteiger partial charge in [-0.05, 0) is 56.2 Å². The Hall–Kier alpha value is -3.15. The van der Waals surface area contributed by atoms with E-state index in [4.69, 9.17) is 5.73 Å². The van der Waals surface area contributed by atoms with E-state index in [1.807, 2.05) is 0 Å². The Kier molecular flexibility index (Phi) is 5.46. The monoisotopic (exact) mass is 440 g/mol. The summed E-state index contributed by atoms with van der Waals surface area (Å²) in [6, 6.07) is 4.96. The van der Waals surface area contributed by atoms with Gasteiger partial charge in [-0.2, -0.15) is 18.2 Å². The number of anilines is 3. The predicted molar refractivity (Wildman–Crippen MR) is 106 cm³/mol. The topological polar surface area (TPSA) is 127 Å². The largest absolute Gasteiger partial charge is 0.417 e. The van der Waals surface area contributed by atoms with Gasteiger partial charge in [-0.15, -0.1) is 5.10 Å². The molecule has 2 heterocycles. The first-order valence-electron chi connectivity index (χ1n) is 8.76. The number of H-pyrrole nitrogens is 1. The summed E-state index contributed by atoms with van der Waals surface area (Å²) in [5.74, 6) is 0.0436. The van der Waals surface area contributed by atoms with E-state index in [1.165, 1.54) is 39.0 Å². The van der Waals surface area contributed by atoms with E-state index in [2.05, 4.69) is 25.5 Å². The second-order valence-corrected chi connectivity index (χ2v) is 9.31. The minimum Gasteiger partial charge on any atom is -0.368 e. The first-order chi connectivity index (χ1) is 13.9. The van der Waals surface area contributed by atoms with Crippen LogP contribution in [0.15, 0.2) is 35.5 Å². The highest BCUT2D eigenvalue weighted by molar-refractivity contribution is 7.91. The quantitative estimate of drug-likeness (QED) is 0.552. The molecule has 0 saturated heterocycles. The van der Waals surface area contributed by atoms with Crippen molar-refractivity contribution in [3.63, 3.8) is 0 Å². The fraction of sp³-hybridized carbons (Fsp3) is 0.278. The third kappa shape index (κ3) is 4.22. The van der Waals surface area contributed by atoms with Crippen molar-refractivity contribution in [3.05, 3.63) is 41.6 Å². The second kappa shape index (κ2) is 7.59. The van der Waals surface area contributed by atoms with Crippen LogP contribution in [0.2, 0.25) is 0 Å². The SMILES string of the molecule is Cc1cc(Nc2n[nH]c(N)n2)cc(C(F)(F)F)c1-c1ccc(S(=O)(=O)C(C)C)nc1. The fourth-order valence-corrected chi connectivity index (χ4v) is 3.80. The number of nitrogen functional groups attached to an aromatic ring is 1. The van der Waals surface area contributed by atoms with Crippen molar-refractivity contribution < 1.29 is 21.6 Å². The van der Waals surface area contributed by atoms with Gasteiger partial charge in [0.2, 0.25) is 11.9 Å². The number of sulfone groups is 1. The summed E-state index contributed by atoms with van der Waals surface area (Å²) in [6.07, 6.45) is -3.53. The molecule has 0 aliphatic heterocycles. The minimum absolute atomic E-state index is 0.0180. The molecule has 160 valence electrons. The van der Waals surface area contributed by atoms with Crippen LogP contribution in [0.4, 0.5) is 30.8 Å². The number of rotatable bonds is 5. The first kappa shape index (κ1) is 21.6. The van der Waals surface area contributed by atoms with Crippen molar-refractivity contribution in [2.75, 3.05) is 11.1 Å². The standard InChI is InChI=1S/C18H19F3N6O2S/c1-9(2)30(28,29)14-5-4-11(8-23-14)15-10(3)6-12(7-13(15)18(19,20)21)24-17-25-16(22)26-27-17/h4-9H,1-3H3,(H4,22,24,25,26,27). The Morgan fingerprint density at radius 2 is 1.90 bits per heavy atom. The van der Waals surface area contributed by atoms with Crippen LogP contribution in [0.1, 0.15) is 25.0 Å². The molecule has 3 aromatic rings. The lowest BCUT2D eigenvalue weighted by Gasteiger charge is -2.18. The highest BCUT2D eigenvalue weighted by atomic mass is 32.2. The van der Waals surface area contributed by atoms with Gasteiger partial charge in [0.25, 0.3) is 0 Å². The molecule has 0 radical (unpaired) electrons. The number of hydrogen-bond donors (Lipinski definition) is 3. The lowest BCUT2D eigenvalue weighted by molar-refractivity contribution is -0.137. The molecule has 12 heteroatoms. The van der Waals surface area contributed by atoms with Crippen LogP contribution >= 0.6 is 0 Å². The van der Waals surface area contributed by atoms with E-state index in [1.54, 1.807) is 0 Å². The average molecular weight is 440 g/mol. The number of aromatic nitrogens is 4. The number of pyridine rings is 1. The lowest BCUT2D eigenvalue weighted by atomic mass is 9.95. The maximum absolute atomic E-state index is 13.8. The zero-order valence-electron chi connectivity index (χ0n) is 16.2. The smallest absolute Gasteiger partial charge is 0.368 e. The summed E-state index contributed by atoms with van der Waals surface area (Å²) in [4.78, 5) is 7.70. The van der Waals surface area contributed by atoms with E-state index < -0.39 is 26.8 Å². The maximum Gasteiger partial charge on any atom is 0.417 e. The van der Waals surface area contributed by atoms with Crippen LogP contribution in [-0.4, -0.2) is 33.8 Å². The molecule has 0 saturated carbocycles. The highest BCUT2D eigenvalue weighted by Crippen LogP contribution is 2.41. The van der Waals surface area contributed by atoms with Gasteiger partial charge in [0.05, 0.1) is 10.8 Å². The summed E-state index contributed by atoms with van der Waals surface area (Å²) in [5, 5.41) is 7.91. The molecule has 0 amide bonds. The zero-order chi connectivity index (χ0) is 22.3. The molecular weight excluding hydrogens is 421 g/mol. The van der Waals surface area contributed by atoms with Gasteiger partial charge in [-0.3, -0.25) is 0 Å². The molecule has 0 unspecified atom stereocenters.